The highest BCUT2D eigenvalue weighted by Crippen LogP contribution is 2.26. The lowest BCUT2D eigenvalue weighted by molar-refractivity contribution is -0.150. The van der Waals surface area contributed by atoms with E-state index in [1.807, 2.05) is 121 Å². The number of esters is 1. The fraction of sp³-hybridized carbons (Fsp3) is 0.356. The van der Waals surface area contributed by atoms with Gasteiger partial charge in [0.1, 0.15) is 19.0 Å². The second-order valence-corrected chi connectivity index (χ2v) is 14.2. The van der Waals surface area contributed by atoms with E-state index in [9.17, 15) is 19.5 Å². The standard InChI is InChI=1S/C45H50N2O6/c48-30-41-27-36-17-11-12-20-39(36)29-47(41)43(49)28-37-18-9-1-2-10-19-38(25-33-13-5-3-6-14-33)45(51)53-32-40(46-44(37)50)26-34-21-23-42(24-22-34)52-31-35-15-7-4-8-16-35/h1,3-9,11-17,20-24,37-38,40-41,48H,2,10,18-19,25-32H2,(H,46,50). The lowest BCUT2D eigenvalue weighted by Crippen LogP contribution is -2.48. The molecule has 6 rings (SSSR count). The molecule has 4 atom stereocenters. The Morgan fingerprint density at radius 2 is 1.47 bits per heavy atom. The van der Waals surface area contributed by atoms with Crippen molar-refractivity contribution >= 4 is 17.8 Å². The normalized spacial score (nSPS) is 21.1. The predicted molar refractivity (Wildman–Crippen MR) is 205 cm³/mol. The van der Waals surface area contributed by atoms with Crippen molar-refractivity contribution in [3.63, 3.8) is 0 Å². The molecular formula is C45H50N2O6. The molecule has 0 spiro atoms. The highest BCUT2D eigenvalue weighted by atomic mass is 16.5. The number of allylic oxidation sites excluding steroid dienone is 2. The quantitative estimate of drug-likeness (QED) is 0.139. The number of hydrogen-bond acceptors (Lipinski definition) is 6. The molecule has 0 bridgehead atoms. The summed E-state index contributed by atoms with van der Waals surface area (Å²) in [6.07, 6.45) is 8.27. The summed E-state index contributed by atoms with van der Waals surface area (Å²) in [5, 5.41) is 13.4. The molecule has 8 nitrogen and oxygen atoms in total. The molecule has 2 heterocycles. The van der Waals surface area contributed by atoms with Crippen LogP contribution in [-0.4, -0.2) is 53.1 Å². The second-order valence-electron chi connectivity index (χ2n) is 14.2. The number of carbonyl (C=O) groups excluding carboxylic acids is 3. The summed E-state index contributed by atoms with van der Waals surface area (Å²) in [6.45, 7) is 0.717. The van der Waals surface area contributed by atoms with Gasteiger partial charge in [-0.2, -0.15) is 0 Å². The molecule has 0 saturated heterocycles. The zero-order valence-corrected chi connectivity index (χ0v) is 30.3. The van der Waals surface area contributed by atoms with Crippen molar-refractivity contribution < 1.29 is 29.0 Å². The molecule has 0 aromatic heterocycles. The molecule has 0 saturated carbocycles. The van der Waals surface area contributed by atoms with Crippen LogP contribution in [0.25, 0.3) is 0 Å². The van der Waals surface area contributed by atoms with E-state index in [0.717, 1.165) is 46.4 Å². The van der Waals surface area contributed by atoms with Crippen molar-refractivity contribution in [2.24, 2.45) is 11.8 Å². The number of aliphatic hydroxyl groups excluding tert-OH is 1. The highest BCUT2D eigenvalue weighted by Gasteiger charge is 2.33. The van der Waals surface area contributed by atoms with Gasteiger partial charge in [0.25, 0.3) is 0 Å². The third-order valence-corrected chi connectivity index (χ3v) is 10.3. The molecule has 0 radical (unpaired) electrons. The third-order valence-electron chi connectivity index (χ3n) is 10.3. The Kier molecular flexibility index (Phi) is 13.5. The maximum absolute atomic E-state index is 14.1. The minimum atomic E-state index is -0.629. The number of nitrogens with zero attached hydrogens (tertiary/aromatic N) is 1. The fourth-order valence-corrected chi connectivity index (χ4v) is 7.23. The number of cyclic esters (lactones) is 1. The number of carbonyl (C=O) groups is 3. The van der Waals surface area contributed by atoms with E-state index >= 15 is 0 Å². The third kappa shape index (κ3) is 10.9. The SMILES string of the molecule is O=C1NC(Cc2ccc(OCc3ccccc3)cc2)COC(=O)C(Cc2ccccc2)CCCC=CCC1CC(=O)N1Cc2ccccc2CC1CO. The van der Waals surface area contributed by atoms with Crippen LogP contribution in [0, 0.1) is 11.8 Å². The largest absolute Gasteiger partial charge is 0.489 e. The summed E-state index contributed by atoms with van der Waals surface area (Å²) >= 11 is 0. The van der Waals surface area contributed by atoms with Crippen molar-refractivity contribution in [3.8, 4) is 5.75 Å². The smallest absolute Gasteiger partial charge is 0.309 e. The predicted octanol–water partition coefficient (Wildman–Crippen LogP) is 6.78. The fourth-order valence-electron chi connectivity index (χ4n) is 7.23. The summed E-state index contributed by atoms with van der Waals surface area (Å²) in [7, 11) is 0. The van der Waals surface area contributed by atoms with Crippen molar-refractivity contribution in [2.45, 2.75) is 76.6 Å². The van der Waals surface area contributed by atoms with Crippen LogP contribution in [0.3, 0.4) is 0 Å². The summed E-state index contributed by atoms with van der Waals surface area (Å²) in [5.74, 6) is -0.893. The van der Waals surface area contributed by atoms with E-state index in [1.165, 1.54) is 0 Å². The van der Waals surface area contributed by atoms with Gasteiger partial charge in [-0.05, 0) is 84.9 Å². The van der Waals surface area contributed by atoms with Crippen molar-refractivity contribution in [1.29, 1.82) is 0 Å². The number of benzene rings is 4. The van der Waals surface area contributed by atoms with Crippen LogP contribution < -0.4 is 10.1 Å². The van der Waals surface area contributed by atoms with Gasteiger partial charge in [-0.15, -0.1) is 0 Å². The van der Waals surface area contributed by atoms with E-state index in [2.05, 4.69) is 5.32 Å². The molecule has 2 N–H and O–H groups in total. The maximum atomic E-state index is 14.1. The zero-order valence-electron chi connectivity index (χ0n) is 30.3. The first-order valence-corrected chi connectivity index (χ1v) is 18.8. The highest BCUT2D eigenvalue weighted by molar-refractivity contribution is 5.86. The Balaban J connectivity index is 1.18. The van der Waals surface area contributed by atoms with E-state index < -0.39 is 12.0 Å². The summed E-state index contributed by atoms with van der Waals surface area (Å²) in [6, 6.07) is 34.8. The molecule has 2 aliphatic heterocycles. The number of hydrogen-bond donors (Lipinski definition) is 2. The molecule has 53 heavy (non-hydrogen) atoms. The van der Waals surface area contributed by atoms with E-state index in [-0.39, 0.29) is 49.4 Å². The molecule has 2 amide bonds. The average Bonchev–Trinajstić information content (AvgIpc) is 3.19. The summed E-state index contributed by atoms with van der Waals surface area (Å²) in [4.78, 5) is 43.3. The topological polar surface area (TPSA) is 105 Å². The molecule has 8 heteroatoms. The van der Waals surface area contributed by atoms with Gasteiger partial charge in [0, 0.05) is 13.0 Å². The number of ether oxygens (including phenoxy) is 2. The Morgan fingerprint density at radius 1 is 0.792 bits per heavy atom. The van der Waals surface area contributed by atoms with E-state index in [4.69, 9.17) is 9.47 Å². The molecule has 4 aromatic rings. The minimum Gasteiger partial charge on any atom is -0.489 e. The molecule has 2 aliphatic rings. The van der Waals surface area contributed by atoms with Crippen LogP contribution in [0.5, 0.6) is 5.75 Å². The number of nitrogens with one attached hydrogen (secondary N) is 1. The monoisotopic (exact) mass is 714 g/mol. The van der Waals surface area contributed by atoms with Gasteiger partial charge in [-0.25, -0.2) is 0 Å². The number of amides is 2. The molecule has 276 valence electrons. The van der Waals surface area contributed by atoms with Crippen LogP contribution in [0.1, 0.15) is 59.9 Å². The molecule has 4 aromatic carbocycles. The van der Waals surface area contributed by atoms with Crippen molar-refractivity contribution in [2.75, 3.05) is 13.2 Å². The molecule has 4 unspecified atom stereocenters. The Morgan fingerprint density at radius 3 is 2.21 bits per heavy atom. The van der Waals surface area contributed by atoms with Crippen LogP contribution in [-0.2, 0) is 51.5 Å². The number of aliphatic hydroxyl groups is 1. The van der Waals surface area contributed by atoms with E-state index in [1.54, 1.807) is 4.90 Å². The minimum absolute atomic E-state index is 0.00788. The second kappa shape index (κ2) is 19.0. The van der Waals surface area contributed by atoms with E-state index in [0.29, 0.717) is 45.3 Å². The van der Waals surface area contributed by atoms with Gasteiger partial charge in [-0.3, -0.25) is 14.4 Å². The summed E-state index contributed by atoms with van der Waals surface area (Å²) < 4.78 is 12.0. The molecule has 0 fully saturated rings. The lowest BCUT2D eigenvalue weighted by Gasteiger charge is -2.36. The van der Waals surface area contributed by atoms with Gasteiger partial charge >= 0.3 is 5.97 Å². The van der Waals surface area contributed by atoms with Crippen LogP contribution in [0.2, 0.25) is 0 Å². The van der Waals surface area contributed by atoms with Gasteiger partial charge in [0.05, 0.1) is 30.5 Å². The lowest BCUT2D eigenvalue weighted by atomic mass is 9.92. The van der Waals surface area contributed by atoms with Gasteiger partial charge in [0.2, 0.25) is 11.8 Å². The van der Waals surface area contributed by atoms with Crippen LogP contribution >= 0.6 is 0 Å². The molecule has 0 aliphatic carbocycles. The average molecular weight is 715 g/mol. The van der Waals surface area contributed by atoms with Crippen molar-refractivity contribution in [3.05, 3.63) is 149 Å². The van der Waals surface area contributed by atoms with Crippen LogP contribution in [0.15, 0.2) is 121 Å². The summed E-state index contributed by atoms with van der Waals surface area (Å²) in [5.41, 5.74) is 5.30. The van der Waals surface area contributed by atoms with Crippen LogP contribution in [0.4, 0.5) is 0 Å². The Labute approximate surface area is 312 Å². The van der Waals surface area contributed by atoms with Gasteiger partial charge in [-0.1, -0.05) is 109 Å². The molecular weight excluding hydrogens is 665 g/mol. The number of rotatable bonds is 10. The Bertz CT molecular complexity index is 1810. The number of fused-ring (bicyclic) bond motifs is 1. The van der Waals surface area contributed by atoms with Gasteiger partial charge in [0.15, 0.2) is 0 Å². The van der Waals surface area contributed by atoms with Crippen molar-refractivity contribution in [1.82, 2.24) is 10.2 Å². The zero-order chi connectivity index (χ0) is 36.8. The van der Waals surface area contributed by atoms with Gasteiger partial charge < -0.3 is 24.8 Å². The maximum Gasteiger partial charge on any atom is 0.309 e. The first kappa shape index (κ1) is 37.5. The Hall–Kier alpha value is -5.21. The first-order chi connectivity index (χ1) is 25.9. The first-order valence-electron chi connectivity index (χ1n) is 18.8.